The van der Waals surface area contributed by atoms with Crippen molar-refractivity contribution in [2.24, 2.45) is 0 Å². The largest absolute Gasteiger partial charge is 0.303 e. The molecule has 0 aromatic carbocycles. The summed E-state index contributed by atoms with van der Waals surface area (Å²) in [6, 6.07) is 0.931. The van der Waals surface area contributed by atoms with Crippen molar-refractivity contribution in [3.63, 3.8) is 0 Å². The summed E-state index contributed by atoms with van der Waals surface area (Å²) in [6.45, 7) is 3.58. The van der Waals surface area contributed by atoms with Crippen LogP contribution in [0.15, 0.2) is 0 Å². The summed E-state index contributed by atoms with van der Waals surface area (Å²) in [5.74, 6) is 0. The molecule has 0 saturated carbocycles. The fraction of sp³-hybridized carbons (Fsp3) is 1.00. The molecule has 0 aliphatic carbocycles. The minimum atomic E-state index is 0.931. The van der Waals surface area contributed by atoms with Gasteiger partial charge in [0.25, 0.3) is 0 Å². The molecular weight excluding hydrogens is 98.1 g/mol. The number of rotatable bonds is 2. The highest BCUT2D eigenvalue weighted by atomic mass is 15.2. The highest BCUT2D eigenvalue weighted by molar-refractivity contribution is 4.78. The molecule has 1 aliphatic heterocycles. The molecule has 1 unspecified atom stereocenters. The first kappa shape index (κ1) is 6.09. The van der Waals surface area contributed by atoms with Crippen LogP contribution >= 0.6 is 0 Å². The summed E-state index contributed by atoms with van der Waals surface area (Å²) >= 11 is 0. The summed E-state index contributed by atoms with van der Waals surface area (Å²) in [4.78, 5) is 2.43. The molecule has 1 nitrogen and oxygen atoms in total. The second-order valence-electron chi connectivity index (χ2n) is 2.71. The van der Waals surface area contributed by atoms with E-state index in [2.05, 4.69) is 18.9 Å². The minimum Gasteiger partial charge on any atom is -0.303 e. The molecular formula is C7H15N. The normalized spacial score (nSPS) is 30.0. The standard InChI is InChI=1S/C7H15N/c1-3-4-7-5-6-8(7)2/h7H,3-6H2,1-2H3. The lowest BCUT2D eigenvalue weighted by atomic mass is 10.00. The van der Waals surface area contributed by atoms with Gasteiger partial charge in [-0.3, -0.25) is 0 Å². The fourth-order valence-electron chi connectivity index (χ4n) is 1.27. The van der Waals surface area contributed by atoms with Crippen molar-refractivity contribution in [3.05, 3.63) is 0 Å². The van der Waals surface area contributed by atoms with E-state index >= 15 is 0 Å². The summed E-state index contributed by atoms with van der Waals surface area (Å²) in [5.41, 5.74) is 0. The van der Waals surface area contributed by atoms with E-state index in [1.807, 2.05) is 0 Å². The molecule has 0 aromatic rings. The maximum absolute atomic E-state index is 2.43. The van der Waals surface area contributed by atoms with Gasteiger partial charge < -0.3 is 4.90 Å². The first-order chi connectivity index (χ1) is 3.84. The van der Waals surface area contributed by atoms with Crippen LogP contribution in [0.5, 0.6) is 0 Å². The van der Waals surface area contributed by atoms with Crippen LogP contribution in [0.3, 0.4) is 0 Å². The van der Waals surface area contributed by atoms with E-state index < -0.39 is 0 Å². The van der Waals surface area contributed by atoms with Gasteiger partial charge >= 0.3 is 0 Å². The van der Waals surface area contributed by atoms with E-state index in [0.29, 0.717) is 0 Å². The predicted molar refractivity (Wildman–Crippen MR) is 35.9 cm³/mol. The van der Waals surface area contributed by atoms with Gasteiger partial charge in [-0.05, 0) is 26.4 Å². The molecule has 0 amide bonds. The zero-order valence-corrected chi connectivity index (χ0v) is 5.85. The summed E-state index contributed by atoms with van der Waals surface area (Å²) in [7, 11) is 2.21. The molecule has 1 atom stereocenters. The molecule has 8 heavy (non-hydrogen) atoms. The average Bonchev–Trinajstić information content (AvgIpc) is 1.79. The topological polar surface area (TPSA) is 3.24 Å². The van der Waals surface area contributed by atoms with Crippen LogP contribution in [0.1, 0.15) is 26.2 Å². The van der Waals surface area contributed by atoms with E-state index in [1.165, 1.54) is 25.8 Å². The Morgan fingerprint density at radius 3 is 2.50 bits per heavy atom. The molecule has 48 valence electrons. The van der Waals surface area contributed by atoms with Crippen molar-refractivity contribution >= 4 is 0 Å². The summed E-state index contributed by atoms with van der Waals surface area (Å²) in [5, 5.41) is 0. The Hall–Kier alpha value is -0.0400. The lowest BCUT2D eigenvalue weighted by Gasteiger charge is -2.37. The maximum atomic E-state index is 2.43. The Bertz CT molecular complexity index is 70.8. The molecule has 0 spiro atoms. The number of likely N-dealkylation sites (tertiary alicyclic amines) is 1. The highest BCUT2D eigenvalue weighted by Crippen LogP contribution is 2.18. The molecule has 1 heteroatoms. The maximum Gasteiger partial charge on any atom is 0.0104 e. The monoisotopic (exact) mass is 113 g/mol. The van der Waals surface area contributed by atoms with Gasteiger partial charge in [0.05, 0.1) is 0 Å². The summed E-state index contributed by atoms with van der Waals surface area (Å²) < 4.78 is 0. The SMILES string of the molecule is CCCC1CCN1C. The van der Waals surface area contributed by atoms with Gasteiger partial charge in [-0.15, -0.1) is 0 Å². The highest BCUT2D eigenvalue weighted by Gasteiger charge is 2.21. The fourth-order valence-corrected chi connectivity index (χ4v) is 1.27. The molecule has 1 fully saturated rings. The summed E-state index contributed by atoms with van der Waals surface area (Å²) in [6.07, 6.45) is 4.18. The van der Waals surface area contributed by atoms with Crippen LogP contribution < -0.4 is 0 Å². The van der Waals surface area contributed by atoms with Crippen molar-refractivity contribution in [1.29, 1.82) is 0 Å². The Morgan fingerprint density at radius 2 is 2.38 bits per heavy atom. The van der Waals surface area contributed by atoms with Crippen LogP contribution in [0.2, 0.25) is 0 Å². The Balaban J connectivity index is 2.08. The van der Waals surface area contributed by atoms with Gasteiger partial charge in [0, 0.05) is 6.04 Å². The van der Waals surface area contributed by atoms with Crippen LogP contribution in [0.25, 0.3) is 0 Å². The number of hydrogen-bond acceptors (Lipinski definition) is 1. The van der Waals surface area contributed by atoms with Gasteiger partial charge in [0.1, 0.15) is 0 Å². The Labute approximate surface area is 51.7 Å². The van der Waals surface area contributed by atoms with Crippen molar-refractivity contribution < 1.29 is 0 Å². The zero-order valence-electron chi connectivity index (χ0n) is 5.85. The van der Waals surface area contributed by atoms with Crippen LogP contribution in [-0.4, -0.2) is 24.5 Å². The van der Waals surface area contributed by atoms with Gasteiger partial charge in [-0.1, -0.05) is 13.3 Å². The molecule has 1 heterocycles. The zero-order chi connectivity index (χ0) is 5.98. The van der Waals surface area contributed by atoms with Gasteiger partial charge in [0.15, 0.2) is 0 Å². The first-order valence-electron chi connectivity index (χ1n) is 3.55. The van der Waals surface area contributed by atoms with E-state index in [4.69, 9.17) is 0 Å². The average molecular weight is 113 g/mol. The minimum absolute atomic E-state index is 0.931. The molecule has 0 aromatic heterocycles. The van der Waals surface area contributed by atoms with E-state index in [0.717, 1.165) is 6.04 Å². The predicted octanol–water partition coefficient (Wildman–Crippen LogP) is 1.49. The lowest BCUT2D eigenvalue weighted by molar-refractivity contribution is 0.118. The van der Waals surface area contributed by atoms with Gasteiger partial charge in [0.2, 0.25) is 0 Å². The van der Waals surface area contributed by atoms with Crippen molar-refractivity contribution in [2.75, 3.05) is 13.6 Å². The first-order valence-corrected chi connectivity index (χ1v) is 3.55. The third-order valence-corrected chi connectivity index (χ3v) is 2.06. The number of hydrogen-bond donors (Lipinski definition) is 0. The molecule has 1 rings (SSSR count). The van der Waals surface area contributed by atoms with Crippen molar-refractivity contribution in [1.82, 2.24) is 4.90 Å². The lowest BCUT2D eigenvalue weighted by Crippen LogP contribution is -2.44. The van der Waals surface area contributed by atoms with Gasteiger partial charge in [-0.2, -0.15) is 0 Å². The Morgan fingerprint density at radius 1 is 1.62 bits per heavy atom. The Kier molecular flexibility index (Phi) is 1.90. The molecule has 0 bridgehead atoms. The molecule has 0 radical (unpaired) electrons. The molecule has 0 N–H and O–H groups in total. The second-order valence-corrected chi connectivity index (χ2v) is 2.71. The van der Waals surface area contributed by atoms with Crippen LogP contribution in [-0.2, 0) is 0 Å². The number of nitrogens with zero attached hydrogens (tertiary/aromatic N) is 1. The third-order valence-electron chi connectivity index (χ3n) is 2.06. The van der Waals surface area contributed by atoms with Crippen molar-refractivity contribution in [3.8, 4) is 0 Å². The quantitative estimate of drug-likeness (QED) is 0.524. The van der Waals surface area contributed by atoms with E-state index in [1.54, 1.807) is 0 Å². The molecule has 1 saturated heterocycles. The van der Waals surface area contributed by atoms with Crippen molar-refractivity contribution in [2.45, 2.75) is 32.2 Å². The van der Waals surface area contributed by atoms with Crippen LogP contribution in [0, 0.1) is 0 Å². The van der Waals surface area contributed by atoms with Gasteiger partial charge in [-0.25, -0.2) is 0 Å². The second kappa shape index (κ2) is 2.49. The molecule has 1 aliphatic rings. The van der Waals surface area contributed by atoms with E-state index in [9.17, 15) is 0 Å². The van der Waals surface area contributed by atoms with Crippen LogP contribution in [0.4, 0.5) is 0 Å². The van der Waals surface area contributed by atoms with E-state index in [-0.39, 0.29) is 0 Å². The smallest absolute Gasteiger partial charge is 0.0104 e. The third kappa shape index (κ3) is 1.03.